The van der Waals surface area contributed by atoms with E-state index in [9.17, 15) is 9.59 Å². The molecule has 7 heteroatoms. The summed E-state index contributed by atoms with van der Waals surface area (Å²) in [5, 5.41) is 9.70. The van der Waals surface area contributed by atoms with Crippen LogP contribution in [0.25, 0.3) is 0 Å². The number of rotatable bonds is 5. The van der Waals surface area contributed by atoms with Gasteiger partial charge >= 0.3 is 5.97 Å². The number of Topliss-reactive ketones (excluding diaryl/α,β-unsaturated/α-hetero) is 1. The number of hydrogen-bond donors (Lipinski definition) is 1. The number of carboxylic acids is 1. The maximum atomic E-state index is 12.0. The fourth-order valence-corrected chi connectivity index (χ4v) is 2.58. The van der Waals surface area contributed by atoms with Crippen LogP contribution < -0.4 is 4.74 Å². The molecule has 0 bridgehead atoms. The molecule has 0 atom stereocenters. The molecular formula is C14H12ClNO4S. The molecule has 0 unspecified atom stereocenters. The largest absolute Gasteiger partial charge is 0.485 e. The molecule has 0 amide bonds. The highest BCUT2D eigenvalue weighted by Crippen LogP contribution is 2.22. The van der Waals surface area contributed by atoms with Crippen LogP contribution in [0.5, 0.6) is 5.75 Å². The van der Waals surface area contributed by atoms with Gasteiger partial charge in [0.25, 0.3) is 0 Å². The molecule has 0 radical (unpaired) electrons. The molecule has 2 rings (SSSR count). The maximum absolute atomic E-state index is 12.0. The molecule has 1 aromatic heterocycles. The fraction of sp³-hybridized carbons (Fsp3) is 0.214. The summed E-state index contributed by atoms with van der Waals surface area (Å²) in [6.07, 6.45) is 0. The molecule has 0 fully saturated rings. The molecule has 1 heterocycles. The van der Waals surface area contributed by atoms with Crippen molar-refractivity contribution in [3.05, 3.63) is 44.4 Å². The lowest BCUT2D eigenvalue weighted by atomic mass is 10.2. The summed E-state index contributed by atoms with van der Waals surface area (Å²) in [5.74, 6) is -0.918. The van der Waals surface area contributed by atoms with Crippen molar-refractivity contribution in [3.8, 4) is 5.75 Å². The minimum atomic E-state index is -1.08. The number of ether oxygens (including phenoxy) is 1. The molecule has 1 aromatic carbocycles. The first-order valence-corrected chi connectivity index (χ1v) is 7.21. The molecule has 0 aliphatic rings. The number of ketones is 1. The van der Waals surface area contributed by atoms with E-state index in [-0.39, 0.29) is 22.3 Å². The Bertz CT molecular complexity index is 711. The maximum Gasteiger partial charge on any atom is 0.347 e. The topological polar surface area (TPSA) is 76.5 Å². The highest BCUT2D eigenvalue weighted by Gasteiger charge is 2.19. The van der Waals surface area contributed by atoms with Gasteiger partial charge in [-0.25, -0.2) is 9.78 Å². The first kappa shape index (κ1) is 15.5. The number of hydrogen-bond acceptors (Lipinski definition) is 5. The molecule has 0 spiro atoms. The van der Waals surface area contributed by atoms with Gasteiger partial charge in [-0.05, 0) is 37.6 Å². The van der Waals surface area contributed by atoms with Gasteiger partial charge in [0.2, 0.25) is 5.78 Å². The van der Waals surface area contributed by atoms with Crippen LogP contribution >= 0.6 is 22.9 Å². The Balaban J connectivity index is 2.06. The Hall–Kier alpha value is -1.92. The molecular weight excluding hydrogens is 314 g/mol. The minimum Gasteiger partial charge on any atom is -0.485 e. The minimum absolute atomic E-state index is 0.0701. The Morgan fingerprint density at radius 3 is 2.67 bits per heavy atom. The first-order valence-electron chi connectivity index (χ1n) is 6.01. The number of carboxylic acid groups (broad SMARTS) is 1. The summed E-state index contributed by atoms with van der Waals surface area (Å²) in [6, 6.07) is 5.08. The number of halogens is 1. The van der Waals surface area contributed by atoms with E-state index < -0.39 is 5.97 Å². The van der Waals surface area contributed by atoms with Crippen molar-refractivity contribution in [1.82, 2.24) is 4.98 Å². The van der Waals surface area contributed by atoms with Gasteiger partial charge in [0.05, 0.1) is 5.69 Å². The standard InChI is InChI=1S/C14H12ClNO4S/c1-7-5-9(3-4-10(7)15)20-6-11(17)13-16-8(2)12(21-13)14(18)19/h3-5H,6H2,1-2H3,(H,18,19). The van der Waals surface area contributed by atoms with E-state index in [1.807, 2.05) is 6.92 Å². The highest BCUT2D eigenvalue weighted by atomic mass is 35.5. The van der Waals surface area contributed by atoms with E-state index in [4.69, 9.17) is 21.4 Å². The van der Waals surface area contributed by atoms with E-state index >= 15 is 0 Å². The summed E-state index contributed by atoms with van der Waals surface area (Å²) in [7, 11) is 0. The van der Waals surface area contributed by atoms with E-state index in [1.54, 1.807) is 25.1 Å². The zero-order valence-corrected chi connectivity index (χ0v) is 12.9. The highest BCUT2D eigenvalue weighted by molar-refractivity contribution is 7.15. The predicted molar refractivity (Wildman–Crippen MR) is 79.8 cm³/mol. The van der Waals surface area contributed by atoms with Crippen LogP contribution in [0.1, 0.15) is 30.7 Å². The third kappa shape index (κ3) is 3.59. The van der Waals surface area contributed by atoms with Crippen LogP contribution in [0.4, 0.5) is 0 Å². The van der Waals surface area contributed by atoms with Crippen LogP contribution in [0.15, 0.2) is 18.2 Å². The molecule has 5 nitrogen and oxygen atoms in total. The third-order valence-corrected chi connectivity index (χ3v) is 4.34. The molecule has 21 heavy (non-hydrogen) atoms. The Morgan fingerprint density at radius 1 is 1.38 bits per heavy atom. The zero-order valence-electron chi connectivity index (χ0n) is 11.3. The van der Waals surface area contributed by atoms with Crippen LogP contribution in [0.2, 0.25) is 5.02 Å². The van der Waals surface area contributed by atoms with Gasteiger partial charge in [0.15, 0.2) is 11.6 Å². The smallest absolute Gasteiger partial charge is 0.347 e. The van der Waals surface area contributed by atoms with Crippen molar-refractivity contribution in [2.45, 2.75) is 13.8 Å². The van der Waals surface area contributed by atoms with Gasteiger partial charge in [-0.2, -0.15) is 0 Å². The van der Waals surface area contributed by atoms with Crippen molar-refractivity contribution in [2.75, 3.05) is 6.61 Å². The zero-order chi connectivity index (χ0) is 15.6. The molecule has 110 valence electrons. The molecule has 0 aliphatic carbocycles. The molecule has 1 N–H and O–H groups in total. The summed E-state index contributed by atoms with van der Waals surface area (Å²) < 4.78 is 5.38. The average Bonchev–Trinajstić information content (AvgIpc) is 2.82. The van der Waals surface area contributed by atoms with E-state index in [0.717, 1.165) is 16.9 Å². The van der Waals surface area contributed by atoms with Crippen LogP contribution in [-0.2, 0) is 0 Å². The number of aromatic nitrogens is 1. The van der Waals surface area contributed by atoms with Gasteiger partial charge in [0, 0.05) is 5.02 Å². The number of nitrogens with zero attached hydrogens (tertiary/aromatic N) is 1. The third-order valence-electron chi connectivity index (χ3n) is 2.73. The molecule has 0 saturated heterocycles. The van der Waals surface area contributed by atoms with Crippen molar-refractivity contribution in [2.24, 2.45) is 0 Å². The summed E-state index contributed by atoms with van der Waals surface area (Å²) in [6.45, 7) is 3.19. The van der Waals surface area contributed by atoms with Gasteiger partial charge in [-0.1, -0.05) is 11.6 Å². The van der Waals surface area contributed by atoms with E-state index in [2.05, 4.69) is 4.98 Å². The number of thiazole rings is 1. The summed E-state index contributed by atoms with van der Waals surface area (Å²) in [4.78, 5) is 26.9. The Morgan fingerprint density at radius 2 is 2.10 bits per heavy atom. The number of carbonyl (C=O) groups is 2. The fourth-order valence-electron chi connectivity index (χ4n) is 1.63. The number of aryl methyl sites for hydroxylation is 2. The van der Waals surface area contributed by atoms with E-state index in [0.29, 0.717) is 16.5 Å². The molecule has 0 aliphatic heterocycles. The van der Waals surface area contributed by atoms with Gasteiger partial charge < -0.3 is 9.84 Å². The predicted octanol–water partition coefficient (Wildman–Crippen LogP) is 3.37. The Kier molecular flexibility index (Phi) is 4.59. The van der Waals surface area contributed by atoms with Gasteiger partial charge in [-0.3, -0.25) is 4.79 Å². The monoisotopic (exact) mass is 325 g/mol. The first-order chi connectivity index (χ1) is 9.88. The number of aromatic carboxylic acids is 1. The molecule has 2 aromatic rings. The van der Waals surface area contributed by atoms with E-state index in [1.165, 1.54) is 0 Å². The lowest BCUT2D eigenvalue weighted by Gasteiger charge is -2.06. The summed E-state index contributed by atoms with van der Waals surface area (Å²) >= 11 is 6.76. The van der Waals surface area contributed by atoms with Crippen LogP contribution in [-0.4, -0.2) is 28.4 Å². The number of benzene rings is 1. The SMILES string of the molecule is Cc1cc(OCC(=O)c2nc(C)c(C(=O)O)s2)ccc1Cl. The van der Waals surface area contributed by atoms with Crippen LogP contribution in [0.3, 0.4) is 0 Å². The van der Waals surface area contributed by atoms with Crippen molar-refractivity contribution < 1.29 is 19.4 Å². The lowest BCUT2D eigenvalue weighted by Crippen LogP contribution is -2.11. The second-order valence-corrected chi connectivity index (χ2v) is 5.77. The second-order valence-electron chi connectivity index (χ2n) is 4.36. The van der Waals surface area contributed by atoms with Crippen molar-refractivity contribution >= 4 is 34.7 Å². The normalized spacial score (nSPS) is 10.4. The van der Waals surface area contributed by atoms with Gasteiger partial charge in [-0.15, -0.1) is 11.3 Å². The molecule has 0 saturated carbocycles. The lowest BCUT2D eigenvalue weighted by molar-refractivity contribution is 0.0701. The van der Waals surface area contributed by atoms with Crippen molar-refractivity contribution in [1.29, 1.82) is 0 Å². The van der Waals surface area contributed by atoms with Crippen molar-refractivity contribution in [3.63, 3.8) is 0 Å². The van der Waals surface area contributed by atoms with Crippen LogP contribution in [0, 0.1) is 13.8 Å². The number of carbonyl (C=O) groups excluding carboxylic acids is 1. The van der Waals surface area contributed by atoms with Gasteiger partial charge in [0.1, 0.15) is 10.6 Å². The second kappa shape index (κ2) is 6.24. The quantitative estimate of drug-likeness (QED) is 0.853. The Labute approximate surface area is 130 Å². The summed E-state index contributed by atoms with van der Waals surface area (Å²) in [5.41, 5.74) is 1.18. The average molecular weight is 326 g/mol.